The van der Waals surface area contributed by atoms with Gasteiger partial charge in [-0.1, -0.05) is 48.5 Å². The molecule has 5 atom stereocenters. The molecule has 0 spiro atoms. The number of aliphatic hydroxyl groups is 2. The minimum Gasteiger partial charge on any atom is -0.480 e. The monoisotopic (exact) mass is 539 g/mol. The predicted octanol–water partition coefficient (Wildman–Crippen LogP) is -0.807. The summed E-state index contributed by atoms with van der Waals surface area (Å²) in [6.07, 6.45) is 0.555. The maximum Gasteiger partial charge on any atom is 0.328 e. The van der Waals surface area contributed by atoms with Gasteiger partial charge >= 0.3 is 5.97 Å². The van der Waals surface area contributed by atoms with Gasteiger partial charge in [0.1, 0.15) is 24.2 Å². The van der Waals surface area contributed by atoms with Crippen molar-refractivity contribution in [3.63, 3.8) is 0 Å². The Bertz CT molecular complexity index is 1290. The molecule has 12 heteroatoms. The van der Waals surface area contributed by atoms with Crippen LogP contribution in [0.1, 0.15) is 18.1 Å². The SMILES string of the molecule is CC(O)C(N)C(=O)NC(Cc1ccccc1)C(=O)NC(Cc1c[nH]c2ccccc12)C(=O)NC(CO)C(=O)O. The third-order valence-corrected chi connectivity index (χ3v) is 6.27. The van der Waals surface area contributed by atoms with Crippen LogP contribution in [0.25, 0.3) is 10.9 Å². The van der Waals surface area contributed by atoms with Gasteiger partial charge in [0.25, 0.3) is 0 Å². The molecular weight excluding hydrogens is 506 g/mol. The number of aromatic amines is 1. The number of carboxylic acids is 1. The van der Waals surface area contributed by atoms with Crippen molar-refractivity contribution in [2.45, 2.75) is 50.0 Å². The van der Waals surface area contributed by atoms with Crippen LogP contribution >= 0.6 is 0 Å². The Hall–Kier alpha value is -4.26. The number of carbonyl (C=O) groups excluding carboxylic acids is 3. The fraction of sp³-hybridized carbons (Fsp3) is 0.333. The van der Waals surface area contributed by atoms with Crippen LogP contribution in [-0.2, 0) is 32.0 Å². The van der Waals surface area contributed by atoms with E-state index in [0.717, 1.165) is 10.9 Å². The highest BCUT2D eigenvalue weighted by Crippen LogP contribution is 2.19. The third-order valence-electron chi connectivity index (χ3n) is 6.27. The smallest absolute Gasteiger partial charge is 0.328 e. The number of fused-ring (bicyclic) bond motifs is 1. The summed E-state index contributed by atoms with van der Waals surface area (Å²) in [5.41, 5.74) is 7.95. The number of benzene rings is 2. The average molecular weight is 540 g/mol. The fourth-order valence-electron chi connectivity index (χ4n) is 4.01. The second kappa shape index (κ2) is 13.5. The lowest BCUT2D eigenvalue weighted by atomic mass is 10.0. The highest BCUT2D eigenvalue weighted by Gasteiger charge is 2.31. The number of hydrogen-bond acceptors (Lipinski definition) is 7. The summed E-state index contributed by atoms with van der Waals surface area (Å²) in [4.78, 5) is 53.8. The number of amides is 3. The first-order valence-corrected chi connectivity index (χ1v) is 12.4. The number of hydrogen-bond donors (Lipinski definition) is 8. The normalized spacial score (nSPS) is 15.0. The zero-order chi connectivity index (χ0) is 28.5. The molecule has 0 radical (unpaired) electrons. The van der Waals surface area contributed by atoms with E-state index in [1.54, 1.807) is 36.5 Å². The number of nitrogens with one attached hydrogen (secondary N) is 4. The van der Waals surface area contributed by atoms with Gasteiger partial charge in [-0.2, -0.15) is 0 Å². The van der Waals surface area contributed by atoms with Crippen molar-refractivity contribution in [2.24, 2.45) is 5.73 Å². The van der Waals surface area contributed by atoms with Crippen LogP contribution in [0.3, 0.4) is 0 Å². The number of aliphatic carboxylic acids is 1. The topological polar surface area (TPSA) is 207 Å². The lowest BCUT2D eigenvalue weighted by Crippen LogP contribution is -2.59. The first-order valence-electron chi connectivity index (χ1n) is 12.4. The lowest BCUT2D eigenvalue weighted by molar-refractivity contribution is -0.143. The minimum atomic E-state index is -1.58. The lowest BCUT2D eigenvalue weighted by Gasteiger charge is -2.25. The molecule has 0 fully saturated rings. The molecule has 0 aliphatic heterocycles. The Morgan fingerprint density at radius 1 is 0.846 bits per heavy atom. The van der Waals surface area contributed by atoms with E-state index in [-0.39, 0.29) is 12.8 Å². The van der Waals surface area contributed by atoms with E-state index in [0.29, 0.717) is 11.1 Å². The van der Waals surface area contributed by atoms with Crippen LogP contribution < -0.4 is 21.7 Å². The highest BCUT2D eigenvalue weighted by atomic mass is 16.4. The molecule has 0 aliphatic carbocycles. The van der Waals surface area contributed by atoms with Crippen molar-refractivity contribution in [2.75, 3.05) is 6.61 Å². The maximum absolute atomic E-state index is 13.5. The quantitative estimate of drug-likeness (QED) is 0.137. The Labute approximate surface area is 224 Å². The van der Waals surface area contributed by atoms with Gasteiger partial charge in [-0.25, -0.2) is 4.79 Å². The Morgan fingerprint density at radius 3 is 2.03 bits per heavy atom. The van der Waals surface area contributed by atoms with E-state index in [1.165, 1.54) is 6.92 Å². The Balaban J connectivity index is 1.89. The standard InChI is InChI=1S/C27H33N5O7/c1-15(34)23(28)26(37)31-20(11-16-7-3-2-4-8-16)24(35)30-21(25(36)32-22(14-33)27(38)39)12-17-13-29-19-10-6-5-9-18(17)19/h2-10,13,15,20-23,29,33-34H,11-12,14,28H2,1H3,(H,30,35)(H,31,37)(H,32,36)(H,38,39). The number of rotatable bonds is 13. The number of nitrogens with two attached hydrogens (primary N) is 1. The molecule has 0 saturated carbocycles. The number of carboxylic acid groups (broad SMARTS) is 1. The van der Waals surface area contributed by atoms with Gasteiger partial charge < -0.3 is 42.0 Å². The van der Waals surface area contributed by atoms with E-state index < -0.39 is 60.6 Å². The van der Waals surface area contributed by atoms with Gasteiger partial charge in [-0.3, -0.25) is 14.4 Å². The molecule has 2 aromatic carbocycles. The Morgan fingerprint density at radius 2 is 1.41 bits per heavy atom. The van der Waals surface area contributed by atoms with Crippen LogP contribution in [0, 0.1) is 0 Å². The number of aromatic nitrogens is 1. The average Bonchev–Trinajstić information content (AvgIpc) is 3.33. The van der Waals surface area contributed by atoms with Gasteiger partial charge in [-0.15, -0.1) is 0 Å². The predicted molar refractivity (Wildman–Crippen MR) is 142 cm³/mol. The third kappa shape index (κ3) is 7.87. The molecule has 5 unspecified atom stereocenters. The van der Waals surface area contributed by atoms with Gasteiger partial charge in [0.2, 0.25) is 17.7 Å². The summed E-state index contributed by atoms with van der Waals surface area (Å²) >= 11 is 0. The summed E-state index contributed by atoms with van der Waals surface area (Å²) in [6, 6.07) is 10.9. The van der Waals surface area contributed by atoms with Crippen LogP contribution in [0.2, 0.25) is 0 Å². The largest absolute Gasteiger partial charge is 0.480 e. The van der Waals surface area contributed by atoms with E-state index in [4.69, 9.17) is 5.73 Å². The molecule has 3 amide bonds. The van der Waals surface area contributed by atoms with E-state index in [1.807, 2.05) is 24.3 Å². The van der Waals surface area contributed by atoms with Crippen molar-refractivity contribution in [3.8, 4) is 0 Å². The van der Waals surface area contributed by atoms with Gasteiger partial charge in [0, 0.05) is 29.9 Å². The van der Waals surface area contributed by atoms with Crippen molar-refractivity contribution in [3.05, 3.63) is 71.9 Å². The van der Waals surface area contributed by atoms with E-state index >= 15 is 0 Å². The molecule has 1 aromatic heterocycles. The van der Waals surface area contributed by atoms with Crippen molar-refractivity contribution in [1.29, 1.82) is 0 Å². The molecule has 1 heterocycles. The van der Waals surface area contributed by atoms with Crippen molar-refractivity contribution >= 4 is 34.6 Å². The fourth-order valence-corrected chi connectivity index (χ4v) is 4.01. The molecule has 208 valence electrons. The first kappa shape index (κ1) is 29.3. The molecule has 0 saturated heterocycles. The molecule has 3 rings (SSSR count). The van der Waals surface area contributed by atoms with Crippen molar-refractivity contribution < 1.29 is 34.5 Å². The molecule has 9 N–H and O–H groups in total. The molecule has 39 heavy (non-hydrogen) atoms. The number of carbonyl (C=O) groups is 4. The number of H-pyrrole nitrogens is 1. The van der Waals surface area contributed by atoms with Crippen LogP contribution in [0.15, 0.2) is 60.8 Å². The summed E-state index contributed by atoms with van der Waals surface area (Å²) in [7, 11) is 0. The summed E-state index contributed by atoms with van der Waals surface area (Å²) in [5.74, 6) is -3.75. The van der Waals surface area contributed by atoms with Gasteiger partial charge in [-0.05, 0) is 24.1 Å². The molecule has 3 aromatic rings. The zero-order valence-corrected chi connectivity index (χ0v) is 21.3. The van der Waals surface area contributed by atoms with Gasteiger partial charge in [0.15, 0.2) is 0 Å². The minimum absolute atomic E-state index is 0.0153. The van der Waals surface area contributed by atoms with Crippen LogP contribution in [0.5, 0.6) is 0 Å². The van der Waals surface area contributed by atoms with Crippen molar-refractivity contribution in [1.82, 2.24) is 20.9 Å². The van der Waals surface area contributed by atoms with Gasteiger partial charge in [0.05, 0.1) is 12.7 Å². The highest BCUT2D eigenvalue weighted by molar-refractivity contribution is 5.95. The summed E-state index contributed by atoms with van der Waals surface area (Å²) in [6.45, 7) is 0.497. The maximum atomic E-state index is 13.5. The van der Waals surface area contributed by atoms with Crippen LogP contribution in [0.4, 0.5) is 0 Å². The Kier molecular flexibility index (Phi) is 10.1. The molecular formula is C27H33N5O7. The number of para-hydroxylation sites is 1. The summed E-state index contributed by atoms with van der Waals surface area (Å²) in [5, 5.41) is 36.6. The molecule has 0 bridgehead atoms. The van der Waals surface area contributed by atoms with E-state index in [2.05, 4.69) is 20.9 Å². The number of aliphatic hydroxyl groups excluding tert-OH is 2. The van der Waals surface area contributed by atoms with Crippen LogP contribution in [-0.4, -0.2) is 80.9 Å². The second-order valence-corrected chi connectivity index (χ2v) is 9.22. The second-order valence-electron chi connectivity index (χ2n) is 9.22. The molecule has 12 nitrogen and oxygen atoms in total. The molecule has 0 aliphatic rings. The zero-order valence-electron chi connectivity index (χ0n) is 21.3. The summed E-state index contributed by atoms with van der Waals surface area (Å²) < 4.78 is 0. The van der Waals surface area contributed by atoms with E-state index in [9.17, 15) is 34.5 Å². The first-order chi connectivity index (χ1) is 18.6.